The zero-order chi connectivity index (χ0) is 20.2. The van der Waals surface area contributed by atoms with Crippen LogP contribution in [0.1, 0.15) is 25.3 Å². The minimum atomic E-state index is -1.02. The number of esters is 1. The highest BCUT2D eigenvalue weighted by atomic mass is 16.6. The quantitative estimate of drug-likeness (QED) is 0.183. The van der Waals surface area contributed by atoms with Crippen molar-refractivity contribution in [3.05, 3.63) is 29.8 Å². The maximum atomic E-state index is 11.2. The van der Waals surface area contributed by atoms with Gasteiger partial charge >= 0.3 is 11.9 Å². The van der Waals surface area contributed by atoms with E-state index in [9.17, 15) is 14.7 Å². The molecule has 0 aromatic heterocycles. The van der Waals surface area contributed by atoms with Crippen molar-refractivity contribution in [1.29, 1.82) is 0 Å². The second kappa shape index (κ2) is 11.3. The summed E-state index contributed by atoms with van der Waals surface area (Å²) >= 11 is 0. The number of aliphatic carboxylic acids is 1. The fraction of sp³-hybridized carbons (Fsp3) is 0.333. The lowest BCUT2D eigenvalue weighted by Gasteiger charge is -2.08. The number of carbonyl (C=O) groups excluding carboxylic acids is 1. The van der Waals surface area contributed by atoms with Crippen LogP contribution in [0, 0.1) is 0 Å². The van der Waals surface area contributed by atoms with E-state index < -0.39 is 18.0 Å². The first kappa shape index (κ1) is 21.7. The Morgan fingerprint density at radius 3 is 2.63 bits per heavy atom. The number of nitrogens with two attached hydrogens (primary N) is 2. The van der Waals surface area contributed by atoms with Crippen LogP contribution in [-0.4, -0.2) is 48.9 Å². The normalized spacial score (nSPS) is 12.1. The Morgan fingerprint density at radius 2 is 2.04 bits per heavy atom. The molecular formula is C18H24N4O5. The van der Waals surface area contributed by atoms with Gasteiger partial charge in [-0.05, 0) is 36.6 Å². The molecule has 0 unspecified atom stereocenters. The van der Waals surface area contributed by atoms with E-state index in [1.165, 1.54) is 20.2 Å². The second-order valence-electron chi connectivity index (χ2n) is 5.46. The van der Waals surface area contributed by atoms with E-state index in [-0.39, 0.29) is 5.96 Å². The van der Waals surface area contributed by atoms with Gasteiger partial charge in [0.1, 0.15) is 6.04 Å². The molecule has 0 radical (unpaired) electrons. The van der Waals surface area contributed by atoms with Gasteiger partial charge in [0.05, 0.1) is 7.11 Å². The van der Waals surface area contributed by atoms with Crippen LogP contribution in [0.25, 0.3) is 6.08 Å². The number of allylic oxidation sites excluding steroid dienone is 1. The van der Waals surface area contributed by atoms with Crippen molar-refractivity contribution in [2.75, 3.05) is 13.7 Å². The van der Waals surface area contributed by atoms with Gasteiger partial charge in [-0.1, -0.05) is 12.1 Å². The predicted molar refractivity (Wildman–Crippen MR) is 103 cm³/mol. The van der Waals surface area contributed by atoms with E-state index in [4.69, 9.17) is 20.9 Å². The van der Waals surface area contributed by atoms with Crippen LogP contribution in [0.5, 0.6) is 11.5 Å². The van der Waals surface area contributed by atoms with Crippen LogP contribution in [0.3, 0.4) is 0 Å². The summed E-state index contributed by atoms with van der Waals surface area (Å²) in [6.07, 6.45) is 5.59. The Balaban J connectivity index is 2.70. The number of methoxy groups -OCH3 is 1. The van der Waals surface area contributed by atoms with E-state index in [0.717, 1.165) is 5.56 Å². The number of carbonyl (C=O) groups is 2. The van der Waals surface area contributed by atoms with Gasteiger partial charge in [-0.15, -0.1) is 0 Å². The molecule has 1 aromatic carbocycles. The summed E-state index contributed by atoms with van der Waals surface area (Å²) < 4.78 is 10.2. The molecule has 0 spiro atoms. The molecule has 0 amide bonds. The molecule has 0 heterocycles. The van der Waals surface area contributed by atoms with Gasteiger partial charge in [0, 0.05) is 19.7 Å². The monoisotopic (exact) mass is 376 g/mol. The van der Waals surface area contributed by atoms with Crippen molar-refractivity contribution in [2.24, 2.45) is 21.5 Å². The summed E-state index contributed by atoms with van der Waals surface area (Å²) in [6.45, 7) is 1.66. The number of guanidine groups is 1. The topological polar surface area (TPSA) is 150 Å². The van der Waals surface area contributed by atoms with Gasteiger partial charge in [0.2, 0.25) is 0 Å². The lowest BCUT2D eigenvalue weighted by Crippen LogP contribution is -2.23. The Bertz CT molecular complexity index is 739. The maximum absolute atomic E-state index is 11.2. The molecule has 1 aromatic rings. The number of benzene rings is 1. The molecule has 1 rings (SSSR count). The highest BCUT2D eigenvalue weighted by Crippen LogP contribution is 2.28. The van der Waals surface area contributed by atoms with Crippen molar-refractivity contribution in [3.8, 4) is 11.5 Å². The van der Waals surface area contributed by atoms with Gasteiger partial charge in [-0.3, -0.25) is 14.8 Å². The zero-order valence-corrected chi connectivity index (χ0v) is 15.3. The van der Waals surface area contributed by atoms with E-state index >= 15 is 0 Å². The Kier molecular flexibility index (Phi) is 9.07. The molecule has 0 aliphatic carbocycles. The Morgan fingerprint density at radius 1 is 1.30 bits per heavy atom. The average Bonchev–Trinajstić information content (AvgIpc) is 2.60. The first-order valence-corrected chi connectivity index (χ1v) is 8.18. The summed E-state index contributed by atoms with van der Waals surface area (Å²) in [5, 5.41) is 9.19. The fourth-order valence-electron chi connectivity index (χ4n) is 2.09. The first-order chi connectivity index (χ1) is 12.8. The number of hydrogen-bond donors (Lipinski definition) is 3. The molecule has 9 nitrogen and oxygen atoms in total. The Hall–Kier alpha value is -3.36. The minimum Gasteiger partial charge on any atom is -0.493 e. The molecule has 5 N–H and O–H groups in total. The number of ether oxygens (including phenoxy) is 2. The highest BCUT2D eigenvalue weighted by molar-refractivity contribution is 5.82. The summed E-state index contributed by atoms with van der Waals surface area (Å²) in [5.41, 5.74) is 11.2. The molecule has 0 fully saturated rings. The second-order valence-corrected chi connectivity index (χ2v) is 5.46. The largest absolute Gasteiger partial charge is 0.493 e. The number of carboxylic acids is 1. The van der Waals surface area contributed by atoms with Gasteiger partial charge in [0.15, 0.2) is 17.5 Å². The molecule has 27 heavy (non-hydrogen) atoms. The van der Waals surface area contributed by atoms with Crippen molar-refractivity contribution >= 4 is 30.2 Å². The summed E-state index contributed by atoms with van der Waals surface area (Å²) in [4.78, 5) is 30.1. The van der Waals surface area contributed by atoms with Crippen LogP contribution in [0.4, 0.5) is 0 Å². The van der Waals surface area contributed by atoms with E-state index in [1.807, 2.05) is 0 Å². The van der Waals surface area contributed by atoms with Crippen molar-refractivity contribution < 1.29 is 24.2 Å². The summed E-state index contributed by atoms with van der Waals surface area (Å²) in [5.74, 6) is -0.751. The zero-order valence-electron chi connectivity index (χ0n) is 15.3. The van der Waals surface area contributed by atoms with Crippen molar-refractivity contribution in [3.63, 3.8) is 0 Å². The highest BCUT2D eigenvalue weighted by Gasteiger charge is 2.14. The van der Waals surface area contributed by atoms with Crippen molar-refractivity contribution in [1.82, 2.24) is 0 Å². The molecule has 0 saturated heterocycles. The number of carboxylic acid groups (broad SMARTS) is 1. The van der Waals surface area contributed by atoms with Crippen LogP contribution in [0.15, 0.2) is 34.3 Å². The predicted octanol–water partition coefficient (Wildman–Crippen LogP) is 1.21. The van der Waals surface area contributed by atoms with Gasteiger partial charge in [-0.2, -0.15) is 0 Å². The van der Waals surface area contributed by atoms with Crippen LogP contribution in [0.2, 0.25) is 0 Å². The third-order valence-electron chi connectivity index (χ3n) is 3.30. The van der Waals surface area contributed by atoms with E-state index in [1.54, 1.807) is 30.4 Å². The molecule has 146 valence electrons. The van der Waals surface area contributed by atoms with Gasteiger partial charge in [-0.25, -0.2) is 4.79 Å². The third kappa shape index (κ3) is 8.52. The molecule has 0 aliphatic rings. The number of aliphatic imine (C=N–C) groups is 2. The molecule has 0 bridgehead atoms. The molecule has 9 heteroatoms. The summed E-state index contributed by atoms with van der Waals surface area (Å²) in [6, 6.07) is 4.16. The third-order valence-corrected chi connectivity index (χ3v) is 3.30. The smallest absolute Gasteiger partial charge is 0.328 e. The molecule has 1 atom stereocenters. The lowest BCUT2D eigenvalue weighted by atomic mass is 10.1. The SMILES string of the molecule is COc1cc(/C=C/C=N[C@@H](CCCN=C(N)N)C(=O)O)ccc1OC(C)=O. The van der Waals surface area contributed by atoms with Gasteiger partial charge < -0.3 is 26.0 Å². The minimum absolute atomic E-state index is 0.0246. The van der Waals surface area contributed by atoms with Crippen LogP contribution < -0.4 is 20.9 Å². The molecule has 0 aliphatic heterocycles. The number of nitrogens with zero attached hydrogens (tertiary/aromatic N) is 2. The number of rotatable bonds is 10. The first-order valence-electron chi connectivity index (χ1n) is 8.18. The van der Waals surface area contributed by atoms with Gasteiger partial charge in [0.25, 0.3) is 0 Å². The van der Waals surface area contributed by atoms with E-state index in [0.29, 0.717) is 30.9 Å². The standard InChI is InChI=1S/C18H24N4O5/c1-12(23)27-15-8-7-13(11-16(15)26-2)5-3-9-21-14(17(24)25)6-4-10-22-18(19)20/h3,5,7-9,11,14H,4,6,10H2,1-2H3,(H,24,25)(H4,19,20,22)/b5-3+,21-9?/t14-/m0/s1. The summed E-state index contributed by atoms with van der Waals surface area (Å²) in [7, 11) is 1.47. The van der Waals surface area contributed by atoms with Crippen molar-refractivity contribution in [2.45, 2.75) is 25.8 Å². The average molecular weight is 376 g/mol. The molecular weight excluding hydrogens is 352 g/mol. The van der Waals surface area contributed by atoms with E-state index in [2.05, 4.69) is 9.98 Å². The van der Waals surface area contributed by atoms with Crippen LogP contribution >= 0.6 is 0 Å². The van der Waals surface area contributed by atoms with Crippen LogP contribution in [-0.2, 0) is 9.59 Å². The Labute approximate surface area is 157 Å². The fourth-order valence-corrected chi connectivity index (χ4v) is 2.09. The lowest BCUT2D eigenvalue weighted by molar-refractivity contribution is -0.138. The molecule has 0 saturated carbocycles. The maximum Gasteiger partial charge on any atom is 0.328 e. The number of hydrogen-bond acceptors (Lipinski definition) is 6.